The van der Waals surface area contributed by atoms with Crippen LogP contribution in [0.2, 0.25) is 5.02 Å². The summed E-state index contributed by atoms with van der Waals surface area (Å²) < 4.78 is 5.48. The Kier molecular flexibility index (Phi) is 6.08. The third kappa shape index (κ3) is 3.95. The van der Waals surface area contributed by atoms with E-state index < -0.39 is 6.10 Å². The molecule has 0 heterocycles. The molecule has 1 rings (SSSR count). The molecule has 1 aromatic carbocycles. The number of ether oxygens (including phenoxy) is 1. The molecule has 0 fully saturated rings. The van der Waals surface area contributed by atoms with Crippen LogP contribution in [0.5, 0.6) is 0 Å². The first-order valence-electron chi connectivity index (χ1n) is 5.33. The molecule has 0 aliphatic rings. The van der Waals surface area contributed by atoms with Gasteiger partial charge in [0.2, 0.25) is 0 Å². The predicted molar refractivity (Wildman–Crippen MR) is 74.0 cm³/mol. The molecule has 0 saturated heterocycles. The summed E-state index contributed by atoms with van der Waals surface area (Å²) in [6, 6.07) is 5.15. The maximum Gasteiger partial charge on any atom is 0.255 e. The van der Waals surface area contributed by atoms with Crippen molar-refractivity contribution < 1.29 is 14.6 Å². The fourth-order valence-corrected chi connectivity index (χ4v) is 2.09. The van der Waals surface area contributed by atoms with Gasteiger partial charge in [-0.2, -0.15) is 0 Å². The lowest BCUT2D eigenvalue weighted by Gasteiger charge is -2.21. The largest absolute Gasteiger partial charge is 0.389 e. The Morgan fingerprint density at radius 2 is 2.28 bits per heavy atom. The summed E-state index contributed by atoms with van der Waals surface area (Å²) in [5.74, 6) is -0.239. The van der Waals surface area contributed by atoms with E-state index in [9.17, 15) is 9.90 Å². The number of halogens is 2. The quantitative estimate of drug-likeness (QED) is 0.896. The van der Waals surface area contributed by atoms with E-state index in [2.05, 4.69) is 15.9 Å². The number of hydrogen-bond donors (Lipinski definition) is 1. The second-order valence-corrected chi connectivity index (χ2v) is 5.13. The van der Waals surface area contributed by atoms with Gasteiger partial charge in [0.25, 0.3) is 5.91 Å². The van der Waals surface area contributed by atoms with E-state index in [1.54, 1.807) is 25.2 Å². The van der Waals surface area contributed by atoms with Crippen LogP contribution in [0.4, 0.5) is 0 Å². The second kappa shape index (κ2) is 7.09. The van der Waals surface area contributed by atoms with Crippen molar-refractivity contribution in [3.05, 3.63) is 33.3 Å². The van der Waals surface area contributed by atoms with Crippen molar-refractivity contribution in [1.82, 2.24) is 4.90 Å². The molecule has 1 aromatic rings. The van der Waals surface area contributed by atoms with Crippen molar-refractivity contribution in [2.75, 3.05) is 27.3 Å². The predicted octanol–water partition coefficient (Wildman–Crippen LogP) is 2.18. The van der Waals surface area contributed by atoms with Gasteiger partial charge in [0.15, 0.2) is 0 Å². The summed E-state index contributed by atoms with van der Waals surface area (Å²) in [5, 5.41) is 9.95. The smallest absolute Gasteiger partial charge is 0.255 e. The van der Waals surface area contributed by atoms with E-state index in [0.29, 0.717) is 15.1 Å². The summed E-state index contributed by atoms with van der Waals surface area (Å²) in [4.78, 5) is 13.5. The number of amides is 1. The van der Waals surface area contributed by atoms with Crippen molar-refractivity contribution in [1.29, 1.82) is 0 Å². The number of benzene rings is 1. The van der Waals surface area contributed by atoms with Gasteiger partial charge in [-0.15, -0.1) is 0 Å². The molecule has 0 saturated carbocycles. The first-order valence-corrected chi connectivity index (χ1v) is 6.51. The highest BCUT2D eigenvalue weighted by atomic mass is 79.9. The Balaban J connectivity index is 2.77. The molecule has 0 bridgehead atoms. The van der Waals surface area contributed by atoms with Crippen LogP contribution < -0.4 is 0 Å². The average molecular weight is 337 g/mol. The van der Waals surface area contributed by atoms with Crippen LogP contribution in [0.3, 0.4) is 0 Å². The van der Waals surface area contributed by atoms with Crippen molar-refractivity contribution in [3.63, 3.8) is 0 Å². The Morgan fingerprint density at radius 3 is 2.89 bits per heavy atom. The third-order valence-electron chi connectivity index (χ3n) is 2.37. The molecular formula is C12H15BrClNO3. The zero-order chi connectivity index (χ0) is 13.7. The molecule has 0 aliphatic heterocycles. The van der Waals surface area contributed by atoms with Gasteiger partial charge in [0.1, 0.15) is 0 Å². The number of rotatable bonds is 5. The van der Waals surface area contributed by atoms with Gasteiger partial charge >= 0.3 is 0 Å². The van der Waals surface area contributed by atoms with E-state index in [0.717, 1.165) is 0 Å². The fourth-order valence-electron chi connectivity index (χ4n) is 1.52. The molecule has 100 valence electrons. The normalized spacial score (nSPS) is 12.3. The summed E-state index contributed by atoms with van der Waals surface area (Å²) in [5.41, 5.74) is 0.401. The molecule has 0 radical (unpaired) electrons. The van der Waals surface area contributed by atoms with Crippen molar-refractivity contribution >= 4 is 33.4 Å². The van der Waals surface area contributed by atoms with Gasteiger partial charge in [-0.1, -0.05) is 17.7 Å². The molecule has 1 amide bonds. The molecule has 0 spiro atoms. The standard InChI is InChI=1S/C12H15BrClNO3/c1-15(6-8(16)7-18-2)12(17)9-4-3-5-10(13)11(9)14/h3-5,8,16H,6-7H2,1-2H3/t8-/m1/s1. The number of hydrogen-bond acceptors (Lipinski definition) is 3. The zero-order valence-corrected chi connectivity index (χ0v) is 12.5. The molecule has 1 N–H and O–H groups in total. The Morgan fingerprint density at radius 1 is 1.61 bits per heavy atom. The van der Waals surface area contributed by atoms with Crippen LogP contribution in [0, 0.1) is 0 Å². The molecule has 18 heavy (non-hydrogen) atoms. The SMILES string of the molecule is COC[C@H](O)CN(C)C(=O)c1cccc(Br)c1Cl. The molecule has 1 atom stereocenters. The monoisotopic (exact) mass is 335 g/mol. The van der Waals surface area contributed by atoms with Gasteiger partial charge in [-0.3, -0.25) is 4.79 Å². The van der Waals surface area contributed by atoms with Crippen LogP contribution in [0.1, 0.15) is 10.4 Å². The van der Waals surface area contributed by atoms with Gasteiger partial charge < -0.3 is 14.7 Å². The van der Waals surface area contributed by atoms with Crippen LogP contribution in [-0.4, -0.2) is 49.3 Å². The van der Waals surface area contributed by atoms with E-state index in [-0.39, 0.29) is 19.1 Å². The minimum absolute atomic E-state index is 0.184. The molecule has 0 aliphatic carbocycles. The van der Waals surface area contributed by atoms with Gasteiger partial charge in [0.05, 0.1) is 23.3 Å². The minimum Gasteiger partial charge on any atom is -0.389 e. The first kappa shape index (κ1) is 15.4. The van der Waals surface area contributed by atoms with Gasteiger partial charge in [-0.05, 0) is 28.1 Å². The topological polar surface area (TPSA) is 49.8 Å². The van der Waals surface area contributed by atoms with E-state index in [1.807, 2.05) is 0 Å². The number of aliphatic hydroxyl groups excluding tert-OH is 1. The molecular weight excluding hydrogens is 321 g/mol. The van der Waals surface area contributed by atoms with Crippen LogP contribution in [0.15, 0.2) is 22.7 Å². The lowest BCUT2D eigenvalue weighted by atomic mass is 10.2. The highest BCUT2D eigenvalue weighted by Gasteiger charge is 2.18. The lowest BCUT2D eigenvalue weighted by Crippen LogP contribution is -2.36. The maximum atomic E-state index is 12.1. The highest BCUT2D eigenvalue weighted by molar-refractivity contribution is 9.10. The van der Waals surface area contributed by atoms with E-state index >= 15 is 0 Å². The van der Waals surface area contributed by atoms with E-state index in [1.165, 1.54) is 12.0 Å². The molecule has 0 unspecified atom stereocenters. The lowest BCUT2D eigenvalue weighted by molar-refractivity contribution is 0.0380. The Labute approximate surface area is 120 Å². The van der Waals surface area contributed by atoms with E-state index in [4.69, 9.17) is 16.3 Å². The van der Waals surface area contributed by atoms with Gasteiger partial charge in [0, 0.05) is 25.2 Å². The van der Waals surface area contributed by atoms with Crippen LogP contribution in [-0.2, 0) is 4.74 Å². The summed E-state index contributed by atoms with van der Waals surface area (Å²) in [6.45, 7) is 0.374. The Bertz CT molecular complexity index is 428. The number of nitrogens with zero attached hydrogens (tertiary/aromatic N) is 1. The highest BCUT2D eigenvalue weighted by Crippen LogP contribution is 2.26. The van der Waals surface area contributed by atoms with Crippen molar-refractivity contribution in [3.8, 4) is 0 Å². The second-order valence-electron chi connectivity index (χ2n) is 3.90. The number of carbonyl (C=O) groups excluding carboxylic acids is 1. The fraction of sp³-hybridized carbons (Fsp3) is 0.417. The minimum atomic E-state index is -0.713. The molecule has 6 heteroatoms. The summed E-state index contributed by atoms with van der Waals surface area (Å²) in [7, 11) is 3.11. The molecule has 4 nitrogen and oxygen atoms in total. The Hall–Kier alpha value is -0.620. The zero-order valence-electron chi connectivity index (χ0n) is 10.2. The van der Waals surface area contributed by atoms with Crippen LogP contribution in [0.25, 0.3) is 0 Å². The number of aliphatic hydroxyl groups is 1. The maximum absolute atomic E-state index is 12.1. The first-order chi connectivity index (χ1) is 8.47. The van der Waals surface area contributed by atoms with Crippen LogP contribution >= 0.6 is 27.5 Å². The van der Waals surface area contributed by atoms with Crippen molar-refractivity contribution in [2.45, 2.75) is 6.10 Å². The summed E-state index contributed by atoms with van der Waals surface area (Å²) in [6.07, 6.45) is -0.713. The molecule has 0 aromatic heterocycles. The van der Waals surface area contributed by atoms with Crippen molar-refractivity contribution in [2.24, 2.45) is 0 Å². The average Bonchev–Trinajstić information content (AvgIpc) is 2.32. The third-order valence-corrected chi connectivity index (χ3v) is 3.67. The van der Waals surface area contributed by atoms with Gasteiger partial charge in [-0.25, -0.2) is 0 Å². The number of methoxy groups -OCH3 is 1. The summed E-state index contributed by atoms with van der Waals surface area (Å²) >= 11 is 9.32. The number of likely N-dealkylation sites (N-methyl/N-ethyl adjacent to an activating group) is 1. The number of carbonyl (C=O) groups is 1.